The highest BCUT2D eigenvalue weighted by atomic mass is 32.2. The minimum atomic E-state index is -0.639. The van der Waals surface area contributed by atoms with Crippen molar-refractivity contribution in [3.63, 3.8) is 0 Å². The number of thioether (sulfide) groups is 1. The van der Waals surface area contributed by atoms with Crippen molar-refractivity contribution in [3.05, 3.63) is 71.8 Å². The van der Waals surface area contributed by atoms with E-state index in [4.69, 9.17) is 40.6 Å². The molecule has 0 aromatic heterocycles. The SMILES string of the molecule is CO[C@H]1O[C@@H]2CO[C@@H](c3ccccc3)O[C@H]2[C@H](OC(=S)SC)[C@H]1OCc1ccccc1. The van der Waals surface area contributed by atoms with Gasteiger partial charge in [-0.3, -0.25) is 0 Å². The summed E-state index contributed by atoms with van der Waals surface area (Å²) in [5.41, 5.74) is 1.98. The molecule has 6 atom stereocenters. The molecule has 2 aliphatic rings. The van der Waals surface area contributed by atoms with Crippen molar-refractivity contribution >= 4 is 28.4 Å². The number of hydrogen-bond donors (Lipinski definition) is 0. The third kappa shape index (κ3) is 5.46. The summed E-state index contributed by atoms with van der Waals surface area (Å²) in [4.78, 5) is 0. The van der Waals surface area contributed by atoms with Crippen molar-refractivity contribution < 1.29 is 28.4 Å². The Balaban J connectivity index is 1.57. The number of rotatable bonds is 6. The maximum absolute atomic E-state index is 6.33. The minimum absolute atomic E-state index is 0.349. The number of benzene rings is 2. The first-order valence-corrected chi connectivity index (χ1v) is 11.7. The number of fused-ring (bicyclic) bond motifs is 1. The van der Waals surface area contributed by atoms with Crippen LogP contribution < -0.4 is 0 Å². The van der Waals surface area contributed by atoms with Crippen LogP contribution in [0.4, 0.5) is 0 Å². The van der Waals surface area contributed by atoms with Gasteiger partial charge in [0, 0.05) is 12.7 Å². The molecule has 2 saturated heterocycles. The highest BCUT2D eigenvalue weighted by Crippen LogP contribution is 2.37. The van der Waals surface area contributed by atoms with Crippen LogP contribution in [0, 0.1) is 0 Å². The zero-order chi connectivity index (χ0) is 21.6. The average Bonchev–Trinajstić information content (AvgIpc) is 2.83. The van der Waals surface area contributed by atoms with Gasteiger partial charge < -0.3 is 28.4 Å². The largest absolute Gasteiger partial charge is 0.469 e. The van der Waals surface area contributed by atoms with Crippen LogP contribution in [0.1, 0.15) is 17.4 Å². The van der Waals surface area contributed by atoms with Gasteiger partial charge in [-0.25, -0.2) is 0 Å². The van der Waals surface area contributed by atoms with Crippen LogP contribution in [-0.4, -0.2) is 55.1 Å². The Morgan fingerprint density at radius 1 is 1.03 bits per heavy atom. The second-order valence-electron chi connectivity index (χ2n) is 7.25. The van der Waals surface area contributed by atoms with Gasteiger partial charge in [-0.2, -0.15) is 0 Å². The summed E-state index contributed by atoms with van der Waals surface area (Å²) >= 11 is 6.74. The summed E-state index contributed by atoms with van der Waals surface area (Å²) in [6.45, 7) is 0.734. The topological polar surface area (TPSA) is 55.4 Å². The molecule has 0 radical (unpaired) electrons. The zero-order valence-electron chi connectivity index (χ0n) is 17.4. The van der Waals surface area contributed by atoms with Crippen LogP contribution in [0.3, 0.4) is 0 Å². The lowest BCUT2D eigenvalue weighted by Gasteiger charge is -2.48. The normalized spacial score (nSPS) is 30.4. The lowest BCUT2D eigenvalue weighted by molar-refractivity contribution is -0.361. The third-order valence-electron chi connectivity index (χ3n) is 5.27. The highest BCUT2D eigenvalue weighted by Gasteiger charge is 2.52. The molecule has 4 rings (SSSR count). The molecule has 0 bridgehead atoms. The van der Waals surface area contributed by atoms with Crippen molar-refractivity contribution in [2.24, 2.45) is 0 Å². The molecule has 2 aromatic rings. The monoisotopic (exact) mass is 462 g/mol. The smallest absolute Gasteiger partial charge is 0.220 e. The quantitative estimate of drug-likeness (QED) is 0.595. The molecule has 0 unspecified atom stereocenters. The van der Waals surface area contributed by atoms with Gasteiger partial charge in [0.1, 0.15) is 18.3 Å². The number of hydrogen-bond acceptors (Lipinski definition) is 8. The Labute approximate surface area is 192 Å². The van der Waals surface area contributed by atoms with Crippen molar-refractivity contribution in [1.29, 1.82) is 0 Å². The fraction of sp³-hybridized carbons (Fsp3) is 0.435. The minimum Gasteiger partial charge on any atom is -0.469 e. The van der Waals surface area contributed by atoms with Gasteiger partial charge in [0.15, 0.2) is 18.7 Å². The fourth-order valence-corrected chi connectivity index (χ4v) is 4.07. The number of methoxy groups -OCH3 is 1. The van der Waals surface area contributed by atoms with E-state index in [1.165, 1.54) is 11.8 Å². The summed E-state index contributed by atoms with van der Waals surface area (Å²) in [5, 5.41) is 0. The second-order valence-corrected chi connectivity index (χ2v) is 8.66. The Hall–Kier alpha value is -1.52. The Morgan fingerprint density at radius 3 is 2.42 bits per heavy atom. The molecule has 8 heteroatoms. The van der Waals surface area contributed by atoms with Crippen molar-refractivity contribution in [3.8, 4) is 0 Å². The van der Waals surface area contributed by atoms with E-state index in [0.717, 1.165) is 11.1 Å². The lowest BCUT2D eigenvalue weighted by atomic mass is 9.97. The van der Waals surface area contributed by atoms with Gasteiger partial charge in [-0.15, -0.1) is 0 Å². The summed E-state index contributed by atoms with van der Waals surface area (Å²) < 4.78 is 36.8. The summed E-state index contributed by atoms with van der Waals surface area (Å²) in [7, 11) is 1.59. The van der Waals surface area contributed by atoms with Crippen molar-refractivity contribution in [2.75, 3.05) is 20.0 Å². The molecule has 2 fully saturated rings. The molecule has 0 spiro atoms. The second kappa shape index (κ2) is 10.9. The van der Waals surface area contributed by atoms with Crippen LogP contribution in [0.15, 0.2) is 60.7 Å². The van der Waals surface area contributed by atoms with Crippen LogP contribution >= 0.6 is 24.0 Å². The maximum Gasteiger partial charge on any atom is 0.220 e. The van der Waals surface area contributed by atoms with E-state index >= 15 is 0 Å². The van der Waals surface area contributed by atoms with Gasteiger partial charge in [0.05, 0.1) is 13.2 Å². The van der Waals surface area contributed by atoms with Gasteiger partial charge in [-0.05, 0) is 24.0 Å². The predicted octanol–water partition coefficient (Wildman–Crippen LogP) is 4.09. The van der Waals surface area contributed by atoms with Crippen molar-refractivity contribution in [2.45, 2.75) is 43.6 Å². The highest BCUT2D eigenvalue weighted by molar-refractivity contribution is 8.22. The molecule has 0 amide bonds. The molecule has 166 valence electrons. The molecule has 31 heavy (non-hydrogen) atoms. The molecule has 2 aliphatic heterocycles. The standard InChI is InChI=1S/C23H26O6S2/c1-24-22-20(25-13-15-9-5-3-6-10-15)19(29-23(30)31-2)18-17(27-22)14-26-21(28-18)16-11-7-4-8-12-16/h3-12,17-22H,13-14H2,1-2H3/t17-,18-,19+,20-,21-,22+/m1/s1. The van der Waals surface area contributed by atoms with Crippen LogP contribution in [0.5, 0.6) is 0 Å². The first-order chi connectivity index (χ1) is 15.2. The predicted molar refractivity (Wildman–Crippen MR) is 122 cm³/mol. The molecule has 0 aliphatic carbocycles. The Morgan fingerprint density at radius 2 is 1.74 bits per heavy atom. The van der Waals surface area contributed by atoms with Crippen LogP contribution in [0.2, 0.25) is 0 Å². The maximum atomic E-state index is 6.33. The van der Waals surface area contributed by atoms with Gasteiger partial charge in [0.25, 0.3) is 0 Å². The number of ether oxygens (including phenoxy) is 6. The Kier molecular flexibility index (Phi) is 7.95. The summed E-state index contributed by atoms with van der Waals surface area (Å²) in [5.74, 6) is 0. The van der Waals surface area contributed by atoms with Crippen LogP contribution in [0.25, 0.3) is 0 Å². The lowest BCUT2D eigenvalue weighted by Crippen LogP contribution is -2.63. The fourth-order valence-electron chi connectivity index (χ4n) is 3.75. The number of thiocarbonyl (C=S) groups is 1. The van der Waals surface area contributed by atoms with E-state index in [-0.39, 0.29) is 6.10 Å². The first-order valence-electron chi connectivity index (χ1n) is 10.1. The van der Waals surface area contributed by atoms with E-state index in [0.29, 0.717) is 17.6 Å². The van der Waals surface area contributed by atoms with E-state index in [9.17, 15) is 0 Å². The molecule has 2 aromatic carbocycles. The molecule has 2 heterocycles. The van der Waals surface area contributed by atoms with Gasteiger partial charge >= 0.3 is 0 Å². The van der Waals surface area contributed by atoms with E-state index in [2.05, 4.69) is 0 Å². The van der Waals surface area contributed by atoms with Gasteiger partial charge in [-0.1, -0.05) is 72.4 Å². The van der Waals surface area contributed by atoms with E-state index in [1.54, 1.807) is 7.11 Å². The van der Waals surface area contributed by atoms with Crippen LogP contribution in [-0.2, 0) is 35.0 Å². The molecule has 0 N–H and O–H groups in total. The Bertz CT molecular complexity index is 830. The molecular weight excluding hydrogens is 436 g/mol. The van der Waals surface area contributed by atoms with E-state index in [1.807, 2.05) is 66.9 Å². The molecular formula is C23H26O6S2. The average molecular weight is 463 g/mol. The third-order valence-corrected chi connectivity index (χ3v) is 6.30. The summed E-state index contributed by atoms with van der Waals surface area (Å²) in [6.07, 6.45) is -1.13. The van der Waals surface area contributed by atoms with E-state index < -0.39 is 30.9 Å². The molecule has 6 nitrogen and oxygen atoms in total. The van der Waals surface area contributed by atoms with Gasteiger partial charge in [0.2, 0.25) is 4.38 Å². The molecule has 0 saturated carbocycles. The first kappa shape index (κ1) is 22.7. The summed E-state index contributed by atoms with van der Waals surface area (Å²) in [6, 6.07) is 19.7. The van der Waals surface area contributed by atoms with Crippen molar-refractivity contribution in [1.82, 2.24) is 0 Å². The zero-order valence-corrected chi connectivity index (χ0v) is 19.1.